The quantitative estimate of drug-likeness (QED) is 0.615. The lowest BCUT2D eigenvalue weighted by atomic mass is 10.1. The van der Waals surface area contributed by atoms with E-state index in [1.54, 1.807) is 24.9 Å². The van der Waals surface area contributed by atoms with Crippen molar-refractivity contribution < 1.29 is 4.92 Å². The molecule has 1 aromatic rings. The Balaban J connectivity index is 3.17. The van der Waals surface area contributed by atoms with Crippen molar-refractivity contribution in [1.29, 1.82) is 0 Å². The fraction of sp³-hybridized carbons (Fsp3) is 0.333. The van der Waals surface area contributed by atoms with Crippen molar-refractivity contribution in [3.05, 3.63) is 33.9 Å². The van der Waals surface area contributed by atoms with E-state index in [-0.39, 0.29) is 10.6 Å². The van der Waals surface area contributed by atoms with E-state index in [9.17, 15) is 10.1 Å². The minimum absolute atomic E-state index is 0.138. The van der Waals surface area contributed by atoms with Gasteiger partial charge in [0.15, 0.2) is 0 Å². The summed E-state index contributed by atoms with van der Waals surface area (Å²) in [6.07, 6.45) is 1.97. The number of rotatable bonds is 4. The highest BCUT2D eigenvalue weighted by atomic mass is 32.2. The number of hydrogen-bond acceptors (Lipinski definition) is 4. The molecule has 1 aromatic carbocycles. The maximum atomic E-state index is 10.7. The second kappa shape index (κ2) is 4.85. The van der Waals surface area contributed by atoms with E-state index in [1.807, 2.05) is 12.3 Å². The minimum Gasteiger partial charge on any atom is -0.382 e. The molecule has 0 atom stereocenters. The number of nitrogens with one attached hydrogen (secondary N) is 1. The largest absolute Gasteiger partial charge is 0.382 e. The van der Waals surface area contributed by atoms with Gasteiger partial charge in [0.25, 0.3) is 5.69 Å². The van der Waals surface area contributed by atoms with Crippen LogP contribution in [0.4, 0.5) is 11.4 Å². The molecule has 1 N–H and O–H groups in total. The molecular weight excluding hydrogens is 200 g/mol. The van der Waals surface area contributed by atoms with Crippen LogP contribution < -0.4 is 5.32 Å². The summed E-state index contributed by atoms with van der Waals surface area (Å²) < 4.78 is 0. The number of nitro groups is 1. The lowest BCUT2D eigenvalue weighted by molar-refractivity contribution is -0.384. The molecule has 0 fully saturated rings. The molecule has 0 aliphatic carbocycles. The number of para-hydroxylation sites is 1. The van der Waals surface area contributed by atoms with Gasteiger partial charge in [-0.05, 0) is 11.8 Å². The van der Waals surface area contributed by atoms with Crippen molar-refractivity contribution in [3.63, 3.8) is 0 Å². The Labute approximate surface area is 86.9 Å². The standard InChI is InChI=1S/C9H12N2O2S/c1-10-9-7(6-14-2)4-3-5-8(9)11(12)13/h3-5,10H,6H2,1-2H3. The van der Waals surface area contributed by atoms with E-state index in [0.717, 1.165) is 11.3 Å². The normalized spacial score (nSPS) is 9.86. The van der Waals surface area contributed by atoms with Crippen LogP contribution in [-0.2, 0) is 5.75 Å². The summed E-state index contributed by atoms with van der Waals surface area (Å²) >= 11 is 1.64. The van der Waals surface area contributed by atoms with E-state index in [4.69, 9.17) is 0 Å². The number of hydrogen-bond donors (Lipinski definition) is 1. The van der Waals surface area contributed by atoms with Crippen LogP contribution >= 0.6 is 11.8 Å². The van der Waals surface area contributed by atoms with Gasteiger partial charge in [-0.25, -0.2) is 0 Å². The first-order valence-electron chi connectivity index (χ1n) is 4.13. The molecule has 1 rings (SSSR count). The summed E-state index contributed by atoms with van der Waals surface area (Å²) in [6, 6.07) is 5.12. The van der Waals surface area contributed by atoms with E-state index in [1.165, 1.54) is 6.07 Å². The van der Waals surface area contributed by atoms with Crippen LogP contribution in [0.25, 0.3) is 0 Å². The summed E-state index contributed by atoms with van der Waals surface area (Å²) in [5, 5.41) is 13.6. The Morgan fingerprint density at radius 1 is 1.57 bits per heavy atom. The summed E-state index contributed by atoms with van der Waals surface area (Å²) in [5.74, 6) is 0.776. The summed E-state index contributed by atoms with van der Waals surface area (Å²) in [7, 11) is 1.70. The molecule has 0 bridgehead atoms. The van der Waals surface area contributed by atoms with E-state index >= 15 is 0 Å². The van der Waals surface area contributed by atoms with Gasteiger partial charge in [-0.1, -0.05) is 12.1 Å². The molecule has 5 heteroatoms. The number of nitro benzene ring substituents is 1. The first-order valence-corrected chi connectivity index (χ1v) is 5.53. The lowest BCUT2D eigenvalue weighted by Crippen LogP contribution is -1.99. The van der Waals surface area contributed by atoms with Gasteiger partial charge in [0, 0.05) is 18.9 Å². The number of benzene rings is 1. The van der Waals surface area contributed by atoms with Crippen LogP contribution in [-0.4, -0.2) is 18.2 Å². The first-order chi connectivity index (χ1) is 6.70. The highest BCUT2D eigenvalue weighted by Crippen LogP contribution is 2.29. The van der Waals surface area contributed by atoms with E-state index in [0.29, 0.717) is 5.69 Å². The topological polar surface area (TPSA) is 55.2 Å². The molecule has 0 saturated heterocycles. The van der Waals surface area contributed by atoms with Gasteiger partial charge in [0.2, 0.25) is 0 Å². The predicted octanol–water partition coefficient (Wildman–Crippen LogP) is 2.50. The molecule has 0 radical (unpaired) electrons. The molecule has 0 heterocycles. The van der Waals surface area contributed by atoms with Crippen LogP contribution in [0.1, 0.15) is 5.56 Å². The molecule has 0 aliphatic rings. The zero-order chi connectivity index (χ0) is 10.6. The van der Waals surface area contributed by atoms with Crippen molar-refractivity contribution in [2.75, 3.05) is 18.6 Å². The van der Waals surface area contributed by atoms with Crippen LogP contribution in [0, 0.1) is 10.1 Å². The molecule has 0 aromatic heterocycles. The van der Waals surface area contributed by atoms with Crippen LogP contribution in [0.3, 0.4) is 0 Å². The number of nitrogens with zero attached hydrogens (tertiary/aromatic N) is 1. The van der Waals surface area contributed by atoms with Crippen molar-refractivity contribution in [1.82, 2.24) is 0 Å². The first kappa shape index (κ1) is 10.8. The van der Waals surface area contributed by atoms with Gasteiger partial charge < -0.3 is 5.32 Å². The van der Waals surface area contributed by atoms with Crippen LogP contribution in [0.15, 0.2) is 18.2 Å². The Bertz CT molecular complexity index is 342. The third kappa shape index (κ3) is 2.17. The van der Waals surface area contributed by atoms with Crippen LogP contribution in [0.5, 0.6) is 0 Å². The third-order valence-electron chi connectivity index (χ3n) is 1.88. The molecule has 0 spiro atoms. The van der Waals surface area contributed by atoms with Gasteiger partial charge in [0.1, 0.15) is 5.69 Å². The van der Waals surface area contributed by atoms with Crippen LogP contribution in [0.2, 0.25) is 0 Å². The Hall–Kier alpha value is -1.23. The van der Waals surface area contributed by atoms with Crippen molar-refractivity contribution >= 4 is 23.1 Å². The fourth-order valence-electron chi connectivity index (χ4n) is 1.30. The van der Waals surface area contributed by atoms with Gasteiger partial charge >= 0.3 is 0 Å². The summed E-state index contributed by atoms with van der Waals surface area (Å²) in [5.41, 5.74) is 1.72. The second-order valence-corrected chi connectivity index (χ2v) is 3.62. The average molecular weight is 212 g/mol. The average Bonchev–Trinajstić information content (AvgIpc) is 2.18. The summed E-state index contributed by atoms with van der Waals surface area (Å²) in [4.78, 5) is 10.3. The molecule has 0 amide bonds. The number of anilines is 1. The molecular formula is C9H12N2O2S. The zero-order valence-electron chi connectivity index (χ0n) is 8.11. The maximum Gasteiger partial charge on any atom is 0.292 e. The maximum absolute atomic E-state index is 10.7. The lowest BCUT2D eigenvalue weighted by Gasteiger charge is -2.07. The molecule has 0 saturated carbocycles. The van der Waals surface area contributed by atoms with E-state index < -0.39 is 0 Å². The fourth-order valence-corrected chi connectivity index (χ4v) is 1.85. The molecule has 14 heavy (non-hydrogen) atoms. The third-order valence-corrected chi connectivity index (χ3v) is 2.47. The molecule has 4 nitrogen and oxygen atoms in total. The van der Waals surface area contributed by atoms with Gasteiger partial charge in [0.05, 0.1) is 4.92 Å². The van der Waals surface area contributed by atoms with Gasteiger partial charge in [-0.2, -0.15) is 11.8 Å². The molecule has 76 valence electrons. The second-order valence-electron chi connectivity index (χ2n) is 2.75. The smallest absolute Gasteiger partial charge is 0.292 e. The van der Waals surface area contributed by atoms with Crippen molar-refractivity contribution in [2.45, 2.75) is 5.75 Å². The molecule has 0 unspecified atom stereocenters. The Kier molecular flexibility index (Phi) is 3.76. The monoisotopic (exact) mass is 212 g/mol. The Morgan fingerprint density at radius 3 is 2.79 bits per heavy atom. The number of thioether (sulfide) groups is 1. The Morgan fingerprint density at radius 2 is 2.29 bits per heavy atom. The van der Waals surface area contributed by atoms with Gasteiger partial charge in [-0.15, -0.1) is 0 Å². The van der Waals surface area contributed by atoms with Crippen molar-refractivity contribution in [2.24, 2.45) is 0 Å². The predicted molar refractivity (Wildman–Crippen MR) is 59.9 cm³/mol. The highest BCUT2D eigenvalue weighted by Gasteiger charge is 2.15. The zero-order valence-corrected chi connectivity index (χ0v) is 8.93. The SMILES string of the molecule is CNc1c(CSC)cccc1[N+](=O)[O-]. The summed E-state index contributed by atoms with van der Waals surface area (Å²) in [6.45, 7) is 0. The minimum atomic E-state index is -0.365. The van der Waals surface area contributed by atoms with Gasteiger partial charge in [-0.3, -0.25) is 10.1 Å². The van der Waals surface area contributed by atoms with E-state index in [2.05, 4.69) is 5.32 Å². The highest BCUT2D eigenvalue weighted by molar-refractivity contribution is 7.97. The van der Waals surface area contributed by atoms with Crippen molar-refractivity contribution in [3.8, 4) is 0 Å². The molecule has 0 aliphatic heterocycles.